The average Bonchev–Trinajstić information content (AvgIpc) is 2.47. The van der Waals surface area contributed by atoms with E-state index in [4.69, 9.17) is 0 Å². The van der Waals surface area contributed by atoms with E-state index in [9.17, 15) is 22.8 Å². The van der Waals surface area contributed by atoms with Crippen LogP contribution in [0.15, 0.2) is 28.0 Å². The molecule has 1 aromatic carbocycles. The third-order valence-electron chi connectivity index (χ3n) is 2.85. The molecule has 0 spiro atoms. The lowest BCUT2D eigenvalue weighted by Crippen LogP contribution is -2.17. The number of hydrogen-bond acceptors (Lipinski definition) is 4. The van der Waals surface area contributed by atoms with E-state index < -0.39 is 23.0 Å². The Kier molecular flexibility index (Phi) is 6.13. The standard InChI is InChI=1S/C13H10F3NO2S.CH4S/c1-6(18)10-11(19)8-4-3-7(13(14,15)16)5-9(8)17-12(10)20-2;1-2/h3-5H,1-2H3,(H,17,19);2H,1H3. The average molecular weight is 349 g/mol. The molecule has 0 bridgehead atoms. The molecule has 0 atom stereocenters. The van der Waals surface area contributed by atoms with Crippen molar-refractivity contribution >= 4 is 41.1 Å². The summed E-state index contributed by atoms with van der Waals surface area (Å²) in [7, 11) is 0. The van der Waals surface area contributed by atoms with Gasteiger partial charge in [0.1, 0.15) is 0 Å². The second-order valence-electron chi connectivity index (χ2n) is 4.18. The molecular weight excluding hydrogens is 335 g/mol. The maximum atomic E-state index is 12.7. The van der Waals surface area contributed by atoms with Crippen LogP contribution >= 0.6 is 24.4 Å². The lowest BCUT2D eigenvalue weighted by atomic mass is 10.1. The Morgan fingerprint density at radius 3 is 2.32 bits per heavy atom. The highest BCUT2D eigenvalue weighted by molar-refractivity contribution is 7.98. The zero-order valence-corrected chi connectivity index (χ0v) is 13.7. The van der Waals surface area contributed by atoms with Gasteiger partial charge in [0.15, 0.2) is 5.78 Å². The number of benzene rings is 1. The van der Waals surface area contributed by atoms with Crippen molar-refractivity contribution in [3.63, 3.8) is 0 Å². The number of thiol groups is 1. The van der Waals surface area contributed by atoms with Gasteiger partial charge in [-0.05, 0) is 37.6 Å². The van der Waals surface area contributed by atoms with E-state index in [2.05, 4.69) is 17.6 Å². The van der Waals surface area contributed by atoms with Gasteiger partial charge >= 0.3 is 6.18 Å². The van der Waals surface area contributed by atoms with Crippen LogP contribution in [0, 0.1) is 0 Å². The third kappa shape index (κ3) is 3.67. The maximum absolute atomic E-state index is 12.7. The number of rotatable bonds is 2. The molecule has 0 aliphatic rings. The van der Waals surface area contributed by atoms with Crippen molar-refractivity contribution in [2.75, 3.05) is 12.5 Å². The van der Waals surface area contributed by atoms with Gasteiger partial charge in [-0.2, -0.15) is 25.8 Å². The molecule has 0 saturated heterocycles. The number of carbonyl (C=O) groups excluding carboxylic acids is 1. The van der Waals surface area contributed by atoms with Gasteiger partial charge in [0, 0.05) is 5.39 Å². The zero-order chi connectivity index (χ0) is 17.1. The summed E-state index contributed by atoms with van der Waals surface area (Å²) in [6.45, 7) is 1.25. The number of pyridine rings is 1. The number of aromatic nitrogens is 1. The van der Waals surface area contributed by atoms with Gasteiger partial charge in [0.05, 0.1) is 21.7 Å². The zero-order valence-electron chi connectivity index (χ0n) is 12.0. The number of nitrogens with one attached hydrogen (secondary N) is 1. The Morgan fingerprint density at radius 2 is 1.86 bits per heavy atom. The highest BCUT2D eigenvalue weighted by Crippen LogP contribution is 2.31. The lowest BCUT2D eigenvalue weighted by molar-refractivity contribution is -0.137. The van der Waals surface area contributed by atoms with Crippen LogP contribution < -0.4 is 5.43 Å². The van der Waals surface area contributed by atoms with Crippen LogP contribution in [-0.4, -0.2) is 23.3 Å². The Morgan fingerprint density at radius 1 is 1.27 bits per heavy atom. The first-order valence-corrected chi connectivity index (χ1v) is 8.14. The molecule has 2 rings (SSSR count). The maximum Gasteiger partial charge on any atom is 0.416 e. The van der Waals surface area contributed by atoms with Gasteiger partial charge in [0.25, 0.3) is 0 Å². The van der Waals surface area contributed by atoms with Crippen molar-refractivity contribution < 1.29 is 18.0 Å². The Bertz CT molecular complexity index is 754. The molecule has 2 aromatic rings. The number of hydrogen-bond donors (Lipinski definition) is 2. The molecule has 0 aliphatic heterocycles. The normalized spacial score (nSPS) is 11.0. The van der Waals surface area contributed by atoms with E-state index in [-0.39, 0.29) is 21.5 Å². The minimum absolute atomic E-state index is 0.0234. The van der Waals surface area contributed by atoms with Crippen LogP contribution in [0.25, 0.3) is 10.9 Å². The summed E-state index contributed by atoms with van der Waals surface area (Å²) in [6.07, 6.45) is -1.15. The van der Waals surface area contributed by atoms with Crippen LogP contribution in [-0.2, 0) is 6.18 Å². The molecule has 0 amide bonds. The second kappa shape index (κ2) is 7.23. The van der Waals surface area contributed by atoms with E-state index in [1.165, 1.54) is 6.92 Å². The summed E-state index contributed by atoms with van der Waals surface area (Å²) < 4.78 is 38.0. The molecule has 3 nitrogen and oxygen atoms in total. The van der Waals surface area contributed by atoms with Crippen LogP contribution in [0.1, 0.15) is 22.8 Å². The second-order valence-corrected chi connectivity index (χ2v) is 4.99. The topological polar surface area (TPSA) is 49.9 Å². The predicted octanol–water partition coefficient (Wildman–Crippen LogP) is 4.02. The number of ketones is 1. The number of thioether (sulfide) groups is 1. The summed E-state index contributed by atoms with van der Waals surface area (Å²) >= 11 is 4.64. The molecule has 0 radical (unpaired) electrons. The van der Waals surface area contributed by atoms with Crippen LogP contribution in [0.5, 0.6) is 0 Å². The lowest BCUT2D eigenvalue weighted by Gasteiger charge is -2.10. The Hall–Kier alpha value is -1.41. The fraction of sp³-hybridized carbons (Fsp3) is 0.286. The van der Waals surface area contributed by atoms with Gasteiger partial charge in [-0.25, -0.2) is 0 Å². The Balaban J connectivity index is 0.00000116. The molecule has 0 unspecified atom stereocenters. The van der Waals surface area contributed by atoms with Crippen molar-refractivity contribution in [2.45, 2.75) is 18.1 Å². The summed E-state index contributed by atoms with van der Waals surface area (Å²) in [6, 6.07) is 2.80. The Labute approximate surface area is 134 Å². The number of H-pyrrole nitrogens is 1. The molecular formula is C14H14F3NO2S2. The highest BCUT2D eigenvalue weighted by atomic mass is 32.2. The summed E-state index contributed by atoms with van der Waals surface area (Å²) in [5.41, 5.74) is -1.35. The molecule has 0 saturated carbocycles. The van der Waals surface area contributed by atoms with E-state index in [1.807, 2.05) is 0 Å². The fourth-order valence-electron chi connectivity index (χ4n) is 1.92. The molecule has 22 heavy (non-hydrogen) atoms. The van der Waals surface area contributed by atoms with Crippen molar-refractivity contribution in [1.29, 1.82) is 0 Å². The monoisotopic (exact) mass is 349 g/mol. The van der Waals surface area contributed by atoms with Gasteiger partial charge < -0.3 is 4.98 Å². The summed E-state index contributed by atoms with van der Waals surface area (Å²) in [4.78, 5) is 26.4. The number of fused-ring (bicyclic) bond motifs is 1. The quantitative estimate of drug-likeness (QED) is 0.489. The van der Waals surface area contributed by atoms with E-state index in [0.29, 0.717) is 0 Å². The number of aromatic amines is 1. The molecule has 1 N–H and O–H groups in total. The van der Waals surface area contributed by atoms with Gasteiger partial charge in [0.2, 0.25) is 5.43 Å². The van der Waals surface area contributed by atoms with Gasteiger partial charge in [-0.1, -0.05) is 0 Å². The molecule has 1 heterocycles. The van der Waals surface area contributed by atoms with Crippen molar-refractivity contribution in [2.24, 2.45) is 0 Å². The minimum atomic E-state index is -4.48. The van der Waals surface area contributed by atoms with Crippen LogP contribution in [0.3, 0.4) is 0 Å². The first kappa shape index (κ1) is 18.6. The highest BCUT2D eigenvalue weighted by Gasteiger charge is 2.31. The summed E-state index contributed by atoms with van der Waals surface area (Å²) in [5.74, 6) is -0.419. The smallest absolute Gasteiger partial charge is 0.349 e. The third-order valence-corrected chi connectivity index (χ3v) is 3.56. The molecule has 0 aliphatic carbocycles. The number of Topliss-reactive ketones (excluding diaryl/α,β-unsaturated/α-hetero) is 1. The van der Waals surface area contributed by atoms with E-state index >= 15 is 0 Å². The first-order valence-electron chi connectivity index (χ1n) is 6.02. The molecule has 120 valence electrons. The van der Waals surface area contributed by atoms with Crippen LogP contribution in [0.4, 0.5) is 13.2 Å². The van der Waals surface area contributed by atoms with Crippen molar-refractivity contribution in [3.8, 4) is 0 Å². The number of alkyl halides is 3. The number of carbonyl (C=O) groups is 1. The SMILES string of the molecule is CS.CSc1[nH]c2cc(C(F)(F)F)ccc2c(=O)c1C(C)=O. The largest absolute Gasteiger partial charge is 0.416 e. The molecule has 0 fully saturated rings. The van der Waals surface area contributed by atoms with E-state index in [1.54, 1.807) is 12.5 Å². The fourth-order valence-corrected chi connectivity index (χ4v) is 2.57. The first-order chi connectivity index (χ1) is 10.3. The van der Waals surface area contributed by atoms with Crippen molar-refractivity contribution in [3.05, 3.63) is 39.5 Å². The van der Waals surface area contributed by atoms with Gasteiger partial charge in [-0.3, -0.25) is 9.59 Å². The number of halogens is 3. The minimum Gasteiger partial charge on any atom is -0.349 e. The molecule has 8 heteroatoms. The summed E-state index contributed by atoms with van der Waals surface area (Å²) in [5, 5.41) is 0.343. The van der Waals surface area contributed by atoms with Gasteiger partial charge in [-0.15, -0.1) is 11.8 Å². The predicted molar refractivity (Wildman–Crippen MR) is 86.3 cm³/mol. The molecule has 1 aromatic heterocycles. The van der Waals surface area contributed by atoms with E-state index in [0.717, 1.165) is 30.0 Å². The van der Waals surface area contributed by atoms with Crippen LogP contribution in [0.2, 0.25) is 0 Å². The van der Waals surface area contributed by atoms with Crippen molar-refractivity contribution in [1.82, 2.24) is 4.98 Å².